The minimum atomic E-state index is 0.617. The zero-order valence-corrected chi connectivity index (χ0v) is 9.22. The fourth-order valence-electron chi connectivity index (χ4n) is 3.92. The van der Waals surface area contributed by atoms with Crippen molar-refractivity contribution in [2.45, 2.75) is 46.5 Å². The molecule has 0 bridgehead atoms. The van der Waals surface area contributed by atoms with Crippen LogP contribution in [0.5, 0.6) is 0 Å². The van der Waals surface area contributed by atoms with Crippen LogP contribution in [0.2, 0.25) is 0 Å². The molecule has 0 saturated heterocycles. The predicted octanol–water partition coefficient (Wildman–Crippen LogP) is 4.02. The lowest BCUT2D eigenvalue weighted by Crippen LogP contribution is -2.51. The van der Waals surface area contributed by atoms with E-state index >= 15 is 0 Å². The van der Waals surface area contributed by atoms with E-state index in [1.54, 1.807) is 0 Å². The highest BCUT2D eigenvalue weighted by Crippen LogP contribution is 2.62. The summed E-state index contributed by atoms with van der Waals surface area (Å²) in [5, 5.41) is 0. The van der Waals surface area contributed by atoms with Crippen molar-refractivity contribution in [2.24, 2.45) is 23.2 Å². The minimum absolute atomic E-state index is 0.617. The van der Waals surface area contributed by atoms with Crippen LogP contribution in [0.15, 0.2) is 12.2 Å². The minimum Gasteiger partial charge on any atom is -0.0911 e. The quantitative estimate of drug-likeness (QED) is 0.532. The highest BCUT2D eigenvalue weighted by molar-refractivity contribution is 5.14. The second-order valence-corrected chi connectivity index (χ2v) is 5.23. The average molecular weight is 178 g/mol. The van der Waals surface area contributed by atoms with Gasteiger partial charge in [0.1, 0.15) is 0 Å². The molecule has 74 valence electrons. The molecule has 4 unspecified atom stereocenters. The first-order chi connectivity index (χ1) is 6.20. The van der Waals surface area contributed by atoms with E-state index in [1.165, 1.54) is 25.7 Å². The summed E-state index contributed by atoms with van der Waals surface area (Å²) < 4.78 is 0. The third kappa shape index (κ3) is 1.18. The van der Waals surface area contributed by atoms with Crippen molar-refractivity contribution in [1.82, 2.24) is 0 Å². The van der Waals surface area contributed by atoms with Gasteiger partial charge in [-0.25, -0.2) is 0 Å². The first-order valence-electron chi connectivity index (χ1n) is 5.84. The molecule has 0 heteroatoms. The predicted molar refractivity (Wildman–Crippen MR) is 57.5 cm³/mol. The van der Waals surface area contributed by atoms with E-state index < -0.39 is 0 Å². The molecule has 0 heterocycles. The van der Waals surface area contributed by atoms with Crippen LogP contribution < -0.4 is 0 Å². The van der Waals surface area contributed by atoms with Gasteiger partial charge in [-0.3, -0.25) is 0 Å². The molecule has 0 spiro atoms. The maximum absolute atomic E-state index is 2.52. The van der Waals surface area contributed by atoms with Crippen molar-refractivity contribution in [3.8, 4) is 0 Å². The summed E-state index contributed by atoms with van der Waals surface area (Å²) in [5.41, 5.74) is 0.617. The summed E-state index contributed by atoms with van der Waals surface area (Å²) in [4.78, 5) is 0. The lowest BCUT2D eigenvalue weighted by atomic mass is 9.45. The normalized spacial score (nSPS) is 50.2. The molecule has 2 fully saturated rings. The summed E-state index contributed by atoms with van der Waals surface area (Å²) in [6.45, 7) is 7.07. The zero-order valence-electron chi connectivity index (χ0n) is 9.22. The van der Waals surface area contributed by atoms with Crippen LogP contribution in [0.3, 0.4) is 0 Å². The van der Waals surface area contributed by atoms with Gasteiger partial charge in [0, 0.05) is 0 Å². The Labute approximate surface area is 82.4 Å². The lowest BCUT2D eigenvalue weighted by Gasteiger charge is -2.59. The Bertz CT molecular complexity index is 216. The molecule has 0 nitrogen and oxygen atoms in total. The molecule has 4 atom stereocenters. The largest absolute Gasteiger partial charge is 0.0911 e. The van der Waals surface area contributed by atoms with Crippen LogP contribution >= 0.6 is 0 Å². The lowest BCUT2D eigenvalue weighted by molar-refractivity contribution is -0.0686. The van der Waals surface area contributed by atoms with E-state index in [9.17, 15) is 0 Å². The molecule has 0 aromatic heterocycles. The van der Waals surface area contributed by atoms with E-state index in [2.05, 4.69) is 32.9 Å². The first-order valence-corrected chi connectivity index (χ1v) is 5.84. The molecule has 2 saturated carbocycles. The van der Waals surface area contributed by atoms with E-state index in [0.29, 0.717) is 5.41 Å². The van der Waals surface area contributed by atoms with Gasteiger partial charge in [0.25, 0.3) is 0 Å². The molecule has 2 rings (SSSR count). The molecule has 0 aliphatic heterocycles. The monoisotopic (exact) mass is 178 g/mol. The molecular formula is C13H22. The van der Waals surface area contributed by atoms with Crippen molar-refractivity contribution < 1.29 is 0 Å². The Morgan fingerprint density at radius 1 is 1.23 bits per heavy atom. The molecule has 2 aliphatic rings. The number of fused-ring (bicyclic) bond motifs is 1. The van der Waals surface area contributed by atoms with Gasteiger partial charge < -0.3 is 0 Å². The van der Waals surface area contributed by atoms with Gasteiger partial charge in [-0.15, -0.1) is 0 Å². The summed E-state index contributed by atoms with van der Waals surface area (Å²) in [6.07, 6.45) is 10.6. The molecule has 0 radical (unpaired) electrons. The SMILES string of the molecule is CC=CC12CC(C)C1CCCC2C. The third-order valence-corrected chi connectivity index (χ3v) is 4.60. The number of hydrogen-bond donors (Lipinski definition) is 0. The Balaban J connectivity index is 2.21. The summed E-state index contributed by atoms with van der Waals surface area (Å²) in [6, 6.07) is 0. The Morgan fingerprint density at radius 2 is 2.00 bits per heavy atom. The van der Waals surface area contributed by atoms with Gasteiger partial charge >= 0.3 is 0 Å². The van der Waals surface area contributed by atoms with Gasteiger partial charge in [0.15, 0.2) is 0 Å². The van der Waals surface area contributed by atoms with Crippen LogP contribution in [0.1, 0.15) is 46.5 Å². The van der Waals surface area contributed by atoms with Crippen LogP contribution in [-0.2, 0) is 0 Å². The van der Waals surface area contributed by atoms with E-state index in [1.807, 2.05) is 0 Å². The van der Waals surface area contributed by atoms with Gasteiger partial charge in [0.05, 0.1) is 0 Å². The molecule has 0 N–H and O–H groups in total. The number of rotatable bonds is 1. The van der Waals surface area contributed by atoms with Crippen LogP contribution in [0.25, 0.3) is 0 Å². The molecule has 2 aliphatic carbocycles. The maximum atomic E-state index is 2.52. The summed E-state index contributed by atoms with van der Waals surface area (Å²) in [7, 11) is 0. The van der Waals surface area contributed by atoms with E-state index in [4.69, 9.17) is 0 Å². The fourth-order valence-corrected chi connectivity index (χ4v) is 3.92. The molecule has 0 amide bonds. The molecule has 0 aromatic rings. The smallest absolute Gasteiger partial charge is 0.00593 e. The van der Waals surface area contributed by atoms with Crippen LogP contribution in [-0.4, -0.2) is 0 Å². The summed E-state index contributed by atoms with van der Waals surface area (Å²) in [5.74, 6) is 2.92. The topological polar surface area (TPSA) is 0 Å². The van der Waals surface area contributed by atoms with Crippen molar-refractivity contribution in [2.75, 3.05) is 0 Å². The Kier molecular flexibility index (Phi) is 2.25. The Morgan fingerprint density at radius 3 is 2.62 bits per heavy atom. The van der Waals surface area contributed by atoms with Crippen LogP contribution in [0, 0.1) is 23.2 Å². The Hall–Kier alpha value is -0.260. The standard InChI is InChI=1S/C13H22/c1-4-8-13-9-10(2)12(13)7-5-6-11(13)3/h4,8,10-12H,5-7,9H2,1-3H3. The highest BCUT2D eigenvalue weighted by Gasteiger charge is 2.53. The molecule has 13 heavy (non-hydrogen) atoms. The number of hydrogen-bond acceptors (Lipinski definition) is 0. The van der Waals surface area contributed by atoms with Crippen molar-refractivity contribution in [3.63, 3.8) is 0 Å². The first kappa shape index (κ1) is 9.30. The van der Waals surface area contributed by atoms with Gasteiger partial charge in [0.2, 0.25) is 0 Å². The second kappa shape index (κ2) is 3.15. The zero-order chi connectivity index (χ0) is 9.47. The van der Waals surface area contributed by atoms with Crippen molar-refractivity contribution >= 4 is 0 Å². The van der Waals surface area contributed by atoms with Gasteiger partial charge in [-0.2, -0.15) is 0 Å². The molecule has 0 aromatic carbocycles. The maximum Gasteiger partial charge on any atom is -0.00593 e. The second-order valence-electron chi connectivity index (χ2n) is 5.23. The van der Waals surface area contributed by atoms with E-state index in [0.717, 1.165) is 17.8 Å². The summed E-state index contributed by atoms with van der Waals surface area (Å²) >= 11 is 0. The molecular weight excluding hydrogens is 156 g/mol. The van der Waals surface area contributed by atoms with Gasteiger partial charge in [-0.05, 0) is 49.4 Å². The number of allylic oxidation sites excluding steroid dienone is 2. The fraction of sp³-hybridized carbons (Fsp3) is 0.846. The van der Waals surface area contributed by atoms with Crippen molar-refractivity contribution in [1.29, 1.82) is 0 Å². The van der Waals surface area contributed by atoms with Gasteiger partial charge in [-0.1, -0.05) is 32.4 Å². The van der Waals surface area contributed by atoms with Crippen LogP contribution in [0.4, 0.5) is 0 Å². The highest BCUT2D eigenvalue weighted by atomic mass is 14.6. The third-order valence-electron chi connectivity index (χ3n) is 4.60. The van der Waals surface area contributed by atoms with Crippen molar-refractivity contribution in [3.05, 3.63) is 12.2 Å². The average Bonchev–Trinajstić information content (AvgIpc) is 2.09. The van der Waals surface area contributed by atoms with E-state index in [-0.39, 0.29) is 0 Å².